The number of benzene rings is 3. The van der Waals surface area contributed by atoms with E-state index in [-0.39, 0.29) is 12.5 Å². The lowest BCUT2D eigenvalue weighted by Crippen LogP contribution is -2.23. The van der Waals surface area contributed by atoms with Crippen LogP contribution < -0.4 is 9.47 Å². The summed E-state index contributed by atoms with van der Waals surface area (Å²) in [7, 11) is 3.00. The summed E-state index contributed by atoms with van der Waals surface area (Å²) in [5, 5.41) is 1.60. The van der Waals surface area contributed by atoms with Gasteiger partial charge in [-0.1, -0.05) is 29.3 Å². The van der Waals surface area contributed by atoms with Gasteiger partial charge in [0.05, 0.1) is 33.4 Å². The van der Waals surface area contributed by atoms with Gasteiger partial charge in [0, 0.05) is 22.7 Å². The summed E-state index contributed by atoms with van der Waals surface area (Å²) in [5.41, 5.74) is 2.62. The van der Waals surface area contributed by atoms with Gasteiger partial charge in [0.25, 0.3) is 5.91 Å². The Morgan fingerprint density at radius 3 is 2.51 bits per heavy atom. The fourth-order valence-electron chi connectivity index (χ4n) is 3.57. The molecule has 3 aromatic carbocycles. The Labute approximate surface area is 254 Å². The van der Waals surface area contributed by atoms with E-state index >= 15 is 0 Å². The summed E-state index contributed by atoms with van der Waals surface area (Å²) in [4.78, 5) is 31.2. The van der Waals surface area contributed by atoms with Crippen molar-refractivity contribution < 1.29 is 23.8 Å². The molecule has 39 heavy (non-hydrogen) atoms. The van der Waals surface area contributed by atoms with E-state index in [1.165, 1.54) is 23.8 Å². The Kier molecular flexibility index (Phi) is 9.81. The van der Waals surface area contributed by atoms with Crippen molar-refractivity contribution in [2.24, 2.45) is 4.99 Å². The molecule has 0 unspecified atom stereocenters. The highest BCUT2D eigenvalue weighted by Crippen LogP contribution is 2.38. The first-order chi connectivity index (χ1) is 18.7. The maximum absolute atomic E-state index is 13.0. The predicted molar refractivity (Wildman–Crippen MR) is 164 cm³/mol. The lowest BCUT2D eigenvalue weighted by atomic mass is 10.1. The van der Waals surface area contributed by atoms with Gasteiger partial charge in [-0.2, -0.15) is 0 Å². The highest BCUT2D eigenvalue weighted by Gasteiger charge is 2.30. The molecule has 0 atom stereocenters. The van der Waals surface area contributed by atoms with Crippen molar-refractivity contribution >= 4 is 86.4 Å². The summed E-state index contributed by atoms with van der Waals surface area (Å²) >= 11 is 15.8. The highest BCUT2D eigenvalue weighted by molar-refractivity contribution is 14.1. The van der Waals surface area contributed by atoms with E-state index in [0.717, 1.165) is 14.7 Å². The van der Waals surface area contributed by atoms with Crippen LogP contribution in [0.3, 0.4) is 0 Å². The van der Waals surface area contributed by atoms with Gasteiger partial charge in [-0.05, 0) is 101 Å². The third kappa shape index (κ3) is 7.08. The largest absolute Gasteiger partial charge is 0.490 e. The molecule has 0 N–H and O–H groups in total. The first-order valence-corrected chi connectivity index (χ1v) is 14.3. The van der Waals surface area contributed by atoms with E-state index in [1.54, 1.807) is 49.5 Å². The van der Waals surface area contributed by atoms with Gasteiger partial charge in [0.2, 0.25) is 0 Å². The van der Waals surface area contributed by atoms with Gasteiger partial charge >= 0.3 is 5.97 Å². The SMILES string of the molecule is CCOc1cc(/C=C2/SC(=Nc3ccc(C(=O)OC)cc3)N(C)C2=O)cc(I)c1OCc1ccc(Cl)cc1Cl. The number of carbonyl (C=O) groups excluding carboxylic acids is 2. The van der Waals surface area contributed by atoms with Crippen LogP contribution in [0.25, 0.3) is 6.08 Å². The molecule has 7 nitrogen and oxygen atoms in total. The molecule has 0 aliphatic carbocycles. The predicted octanol–water partition coefficient (Wildman–Crippen LogP) is 7.60. The van der Waals surface area contributed by atoms with Crippen LogP contribution in [0.1, 0.15) is 28.4 Å². The van der Waals surface area contributed by atoms with Gasteiger partial charge in [-0.25, -0.2) is 9.79 Å². The number of amides is 1. The molecule has 1 amide bonds. The zero-order chi connectivity index (χ0) is 28.1. The summed E-state index contributed by atoms with van der Waals surface area (Å²) in [6.07, 6.45) is 1.80. The number of carbonyl (C=O) groups is 2. The number of halogens is 3. The Morgan fingerprint density at radius 1 is 1.10 bits per heavy atom. The van der Waals surface area contributed by atoms with Crippen LogP contribution in [0, 0.1) is 3.57 Å². The van der Waals surface area contributed by atoms with Crippen LogP contribution in [-0.4, -0.2) is 42.7 Å². The molecule has 0 spiro atoms. The van der Waals surface area contributed by atoms with Crippen LogP contribution in [-0.2, 0) is 16.1 Å². The van der Waals surface area contributed by atoms with Crippen molar-refractivity contribution in [2.75, 3.05) is 20.8 Å². The van der Waals surface area contributed by atoms with Crippen LogP contribution in [0.4, 0.5) is 5.69 Å². The van der Waals surface area contributed by atoms with Crippen LogP contribution >= 0.6 is 57.6 Å². The molecule has 3 aromatic rings. The summed E-state index contributed by atoms with van der Waals surface area (Å²) < 4.78 is 17.5. The zero-order valence-electron chi connectivity index (χ0n) is 21.2. The fourth-order valence-corrected chi connectivity index (χ4v) is 5.80. The molecule has 0 aromatic heterocycles. The quantitative estimate of drug-likeness (QED) is 0.137. The van der Waals surface area contributed by atoms with E-state index < -0.39 is 5.97 Å². The minimum absolute atomic E-state index is 0.171. The number of hydrogen-bond donors (Lipinski definition) is 0. The van der Waals surface area contributed by atoms with Gasteiger partial charge in [-0.15, -0.1) is 0 Å². The molecule has 1 fully saturated rings. The Balaban J connectivity index is 1.56. The molecule has 4 rings (SSSR count). The Hall–Kier alpha value is -2.73. The maximum atomic E-state index is 13.0. The number of methoxy groups -OCH3 is 1. The van der Waals surface area contributed by atoms with E-state index in [0.29, 0.717) is 49.5 Å². The number of aliphatic imine (C=N–C) groups is 1. The molecule has 1 saturated heterocycles. The third-order valence-corrected chi connectivity index (χ3v) is 7.98. The highest BCUT2D eigenvalue weighted by atomic mass is 127. The Bertz CT molecular complexity index is 1480. The van der Waals surface area contributed by atoms with E-state index in [9.17, 15) is 9.59 Å². The second kappa shape index (κ2) is 13.1. The number of nitrogens with zero attached hydrogens (tertiary/aromatic N) is 2. The van der Waals surface area contributed by atoms with Crippen molar-refractivity contribution in [2.45, 2.75) is 13.5 Å². The molecular formula is C28H23Cl2IN2O5S. The lowest BCUT2D eigenvalue weighted by Gasteiger charge is -2.15. The topological polar surface area (TPSA) is 77.4 Å². The number of thioether (sulfide) groups is 1. The summed E-state index contributed by atoms with van der Waals surface area (Å²) in [6.45, 7) is 2.58. The van der Waals surface area contributed by atoms with Gasteiger partial charge in [0.1, 0.15) is 6.61 Å². The first kappa shape index (κ1) is 29.3. The van der Waals surface area contributed by atoms with Gasteiger partial charge in [-0.3, -0.25) is 9.69 Å². The summed E-state index contributed by atoms with van der Waals surface area (Å²) in [6, 6.07) is 15.7. The maximum Gasteiger partial charge on any atom is 0.337 e. The number of amidine groups is 1. The van der Waals surface area contributed by atoms with Crippen LogP contribution in [0.2, 0.25) is 10.0 Å². The van der Waals surface area contributed by atoms with Crippen molar-refractivity contribution in [3.63, 3.8) is 0 Å². The lowest BCUT2D eigenvalue weighted by molar-refractivity contribution is -0.121. The number of esters is 1. The molecule has 202 valence electrons. The molecule has 0 bridgehead atoms. The van der Waals surface area contributed by atoms with E-state index in [2.05, 4.69) is 27.6 Å². The second-order valence-corrected chi connectivity index (χ2v) is 11.2. The van der Waals surface area contributed by atoms with Crippen molar-refractivity contribution in [1.82, 2.24) is 4.90 Å². The standard InChI is InChI=1S/C28H23Cl2IN2O5S/c1-4-37-23-12-16(11-22(31)25(23)38-15-18-5-8-19(29)14-21(18)30)13-24-26(34)33(2)28(39-24)32-20-9-6-17(7-10-20)27(35)36-3/h5-14H,4,15H2,1-3H3/b24-13+,32-28?. The van der Waals surface area contributed by atoms with E-state index in [4.69, 9.17) is 37.4 Å². The molecular weight excluding hydrogens is 674 g/mol. The Morgan fingerprint density at radius 2 is 1.85 bits per heavy atom. The van der Waals surface area contributed by atoms with Gasteiger partial charge < -0.3 is 14.2 Å². The fraction of sp³-hybridized carbons (Fsp3) is 0.179. The number of rotatable bonds is 8. The number of ether oxygens (including phenoxy) is 3. The zero-order valence-corrected chi connectivity index (χ0v) is 25.7. The normalized spacial score (nSPS) is 15.2. The number of likely N-dealkylation sites (N-methyl/N-ethyl adjacent to an activating group) is 1. The first-order valence-electron chi connectivity index (χ1n) is 11.7. The molecule has 1 heterocycles. The molecule has 1 aliphatic heterocycles. The second-order valence-electron chi connectivity index (χ2n) is 8.20. The molecule has 0 radical (unpaired) electrons. The molecule has 11 heteroatoms. The monoisotopic (exact) mass is 696 g/mol. The minimum atomic E-state index is -0.423. The van der Waals surface area contributed by atoms with Crippen LogP contribution in [0.15, 0.2) is 64.5 Å². The minimum Gasteiger partial charge on any atom is -0.490 e. The smallest absolute Gasteiger partial charge is 0.337 e. The molecule has 0 saturated carbocycles. The molecule has 1 aliphatic rings. The number of hydrogen-bond acceptors (Lipinski definition) is 7. The van der Waals surface area contributed by atoms with Crippen molar-refractivity contribution in [1.29, 1.82) is 0 Å². The van der Waals surface area contributed by atoms with Crippen molar-refractivity contribution in [3.05, 3.63) is 89.8 Å². The average molecular weight is 697 g/mol. The summed E-state index contributed by atoms with van der Waals surface area (Å²) in [5.74, 6) is 0.555. The van der Waals surface area contributed by atoms with Gasteiger partial charge in [0.15, 0.2) is 16.7 Å². The average Bonchev–Trinajstić information content (AvgIpc) is 3.16. The van der Waals surface area contributed by atoms with Crippen molar-refractivity contribution in [3.8, 4) is 11.5 Å². The van der Waals surface area contributed by atoms with Crippen LogP contribution in [0.5, 0.6) is 11.5 Å². The van der Waals surface area contributed by atoms with E-state index in [1.807, 2.05) is 25.1 Å². The third-order valence-electron chi connectivity index (χ3n) is 5.53.